The van der Waals surface area contributed by atoms with Gasteiger partial charge >= 0.3 is 0 Å². The lowest BCUT2D eigenvalue weighted by atomic mass is 10.1. The van der Waals surface area contributed by atoms with Crippen molar-refractivity contribution in [2.75, 3.05) is 0 Å². The summed E-state index contributed by atoms with van der Waals surface area (Å²) < 4.78 is 24.9. The minimum Gasteiger partial charge on any atom is -0.294 e. The quantitative estimate of drug-likeness (QED) is 0.742. The molecule has 0 amide bonds. The van der Waals surface area contributed by atoms with E-state index in [2.05, 4.69) is 15.9 Å². The van der Waals surface area contributed by atoms with Gasteiger partial charge in [0.15, 0.2) is 5.78 Å². The maximum absolute atomic E-state index is 12.3. The standard InChI is InChI=1S/C9H6BrClF2O/c1-4(14)8-6(10)2-5(9(12)13)3-7(8)11/h2-3,9H,1H3. The van der Waals surface area contributed by atoms with E-state index in [1.165, 1.54) is 13.0 Å². The number of halogens is 4. The molecule has 0 N–H and O–H groups in total. The van der Waals surface area contributed by atoms with Crippen LogP contribution in [0.5, 0.6) is 0 Å². The Morgan fingerprint density at radius 3 is 2.43 bits per heavy atom. The molecule has 0 spiro atoms. The molecule has 1 aromatic rings. The molecule has 0 aliphatic heterocycles. The minimum absolute atomic E-state index is 0.0437. The topological polar surface area (TPSA) is 17.1 Å². The van der Waals surface area contributed by atoms with Gasteiger partial charge in [0.1, 0.15) is 0 Å². The largest absolute Gasteiger partial charge is 0.294 e. The first-order chi connectivity index (χ1) is 6.43. The molecule has 0 unspecified atom stereocenters. The van der Waals surface area contributed by atoms with Gasteiger partial charge in [-0.2, -0.15) is 0 Å². The second-order valence-electron chi connectivity index (χ2n) is 2.72. The van der Waals surface area contributed by atoms with Gasteiger partial charge in [-0.1, -0.05) is 11.6 Å². The van der Waals surface area contributed by atoms with Crippen LogP contribution >= 0.6 is 27.5 Å². The highest BCUT2D eigenvalue weighted by molar-refractivity contribution is 9.10. The Kier molecular flexibility index (Phi) is 3.61. The third kappa shape index (κ3) is 2.30. The SMILES string of the molecule is CC(=O)c1c(Cl)cc(C(F)F)cc1Br. The van der Waals surface area contributed by atoms with Gasteiger partial charge in [-0.3, -0.25) is 4.79 Å². The summed E-state index contributed by atoms with van der Waals surface area (Å²) in [6, 6.07) is 2.31. The minimum atomic E-state index is -2.59. The number of hydrogen-bond donors (Lipinski definition) is 0. The third-order valence-electron chi connectivity index (χ3n) is 1.67. The zero-order valence-corrected chi connectivity index (χ0v) is 9.49. The van der Waals surface area contributed by atoms with Crippen molar-refractivity contribution in [3.05, 3.63) is 32.8 Å². The highest BCUT2D eigenvalue weighted by atomic mass is 79.9. The molecule has 5 heteroatoms. The van der Waals surface area contributed by atoms with Crippen molar-refractivity contribution in [1.82, 2.24) is 0 Å². The molecule has 0 aromatic heterocycles. The van der Waals surface area contributed by atoms with Gasteiger partial charge in [-0.15, -0.1) is 0 Å². The molecule has 0 heterocycles. The Morgan fingerprint density at radius 2 is 2.07 bits per heavy atom. The van der Waals surface area contributed by atoms with Gasteiger partial charge in [0, 0.05) is 10.0 Å². The van der Waals surface area contributed by atoms with E-state index in [0.717, 1.165) is 6.07 Å². The van der Waals surface area contributed by atoms with Crippen molar-refractivity contribution < 1.29 is 13.6 Å². The summed E-state index contributed by atoms with van der Waals surface area (Å²) >= 11 is 8.72. The summed E-state index contributed by atoms with van der Waals surface area (Å²) in [4.78, 5) is 11.1. The first-order valence-corrected chi connectivity index (χ1v) is 4.88. The lowest BCUT2D eigenvalue weighted by Gasteiger charge is -2.06. The lowest BCUT2D eigenvalue weighted by Crippen LogP contribution is -1.97. The average molecular weight is 283 g/mol. The van der Waals surface area contributed by atoms with E-state index in [0.29, 0.717) is 4.47 Å². The Labute approximate surface area is 93.2 Å². The molecule has 0 radical (unpaired) electrons. The van der Waals surface area contributed by atoms with E-state index in [1.807, 2.05) is 0 Å². The number of ketones is 1. The number of carbonyl (C=O) groups is 1. The maximum Gasteiger partial charge on any atom is 0.263 e. The molecule has 0 saturated carbocycles. The van der Waals surface area contributed by atoms with Crippen LogP contribution in [0.25, 0.3) is 0 Å². The van der Waals surface area contributed by atoms with E-state index in [9.17, 15) is 13.6 Å². The second-order valence-corrected chi connectivity index (χ2v) is 3.98. The molecular weight excluding hydrogens is 277 g/mol. The number of rotatable bonds is 2. The Balaban J connectivity index is 3.32. The van der Waals surface area contributed by atoms with Crippen molar-refractivity contribution in [3.8, 4) is 0 Å². The van der Waals surface area contributed by atoms with Crippen LogP contribution in [0.1, 0.15) is 29.3 Å². The van der Waals surface area contributed by atoms with Crippen LogP contribution in [0, 0.1) is 0 Å². The second kappa shape index (κ2) is 4.36. The Hall–Kier alpha value is -0.480. The van der Waals surface area contributed by atoms with Crippen molar-refractivity contribution in [3.63, 3.8) is 0 Å². The highest BCUT2D eigenvalue weighted by Gasteiger charge is 2.15. The molecule has 0 aliphatic rings. The van der Waals surface area contributed by atoms with Crippen LogP contribution in [0.15, 0.2) is 16.6 Å². The van der Waals surface area contributed by atoms with Crippen LogP contribution < -0.4 is 0 Å². The van der Waals surface area contributed by atoms with Crippen molar-refractivity contribution in [2.45, 2.75) is 13.3 Å². The first-order valence-electron chi connectivity index (χ1n) is 3.71. The van der Waals surface area contributed by atoms with Crippen LogP contribution in [-0.4, -0.2) is 5.78 Å². The fourth-order valence-corrected chi connectivity index (χ4v) is 2.29. The summed E-state index contributed by atoms with van der Waals surface area (Å²) in [5.74, 6) is -0.261. The number of carbonyl (C=O) groups excluding carboxylic acids is 1. The van der Waals surface area contributed by atoms with Crippen molar-refractivity contribution >= 4 is 33.3 Å². The number of benzene rings is 1. The van der Waals surface area contributed by atoms with E-state index < -0.39 is 6.43 Å². The predicted molar refractivity (Wildman–Crippen MR) is 54.1 cm³/mol. The fourth-order valence-electron chi connectivity index (χ4n) is 1.06. The number of hydrogen-bond acceptors (Lipinski definition) is 1. The van der Waals surface area contributed by atoms with Gasteiger partial charge in [0.25, 0.3) is 6.43 Å². The summed E-state index contributed by atoms with van der Waals surface area (Å²) in [7, 11) is 0. The van der Waals surface area contributed by atoms with Gasteiger partial charge in [0.05, 0.1) is 10.6 Å². The molecule has 0 fully saturated rings. The molecule has 0 aliphatic carbocycles. The molecule has 0 saturated heterocycles. The molecule has 1 nitrogen and oxygen atoms in total. The molecule has 14 heavy (non-hydrogen) atoms. The molecule has 1 rings (SSSR count). The predicted octanol–water partition coefficient (Wildman–Crippen LogP) is 4.24. The van der Waals surface area contributed by atoms with Crippen molar-refractivity contribution in [2.24, 2.45) is 0 Å². The van der Waals surface area contributed by atoms with E-state index in [-0.39, 0.29) is 21.9 Å². The van der Waals surface area contributed by atoms with E-state index >= 15 is 0 Å². The van der Waals surface area contributed by atoms with E-state index in [4.69, 9.17) is 11.6 Å². The third-order valence-corrected chi connectivity index (χ3v) is 2.59. The average Bonchev–Trinajstić information content (AvgIpc) is 2.01. The van der Waals surface area contributed by atoms with Crippen LogP contribution in [0.3, 0.4) is 0 Å². The van der Waals surface area contributed by atoms with Gasteiger partial charge in [-0.25, -0.2) is 8.78 Å². The fraction of sp³-hybridized carbons (Fsp3) is 0.222. The molecule has 0 atom stereocenters. The molecular formula is C9H6BrClF2O. The summed E-state index contributed by atoms with van der Waals surface area (Å²) in [5.41, 5.74) is 0.0305. The van der Waals surface area contributed by atoms with Crippen LogP contribution in [0.2, 0.25) is 5.02 Å². The Bertz CT molecular complexity index is 356. The Morgan fingerprint density at radius 1 is 1.50 bits per heavy atom. The zero-order chi connectivity index (χ0) is 10.9. The number of Topliss-reactive ketones (excluding diaryl/α,β-unsaturated/α-hetero) is 1. The molecule has 1 aromatic carbocycles. The van der Waals surface area contributed by atoms with Gasteiger partial charge < -0.3 is 0 Å². The maximum atomic E-state index is 12.3. The van der Waals surface area contributed by atoms with E-state index in [1.54, 1.807) is 0 Å². The summed E-state index contributed by atoms with van der Waals surface area (Å²) in [6.45, 7) is 1.33. The molecule has 0 bridgehead atoms. The summed E-state index contributed by atoms with van der Waals surface area (Å²) in [6.07, 6.45) is -2.59. The van der Waals surface area contributed by atoms with Crippen LogP contribution in [0.4, 0.5) is 8.78 Å². The van der Waals surface area contributed by atoms with Crippen LogP contribution in [-0.2, 0) is 0 Å². The summed E-state index contributed by atoms with van der Waals surface area (Å²) in [5, 5.41) is 0.0437. The van der Waals surface area contributed by atoms with Gasteiger partial charge in [-0.05, 0) is 35.0 Å². The normalized spacial score (nSPS) is 10.7. The first kappa shape index (κ1) is 11.6. The highest BCUT2D eigenvalue weighted by Crippen LogP contribution is 2.31. The lowest BCUT2D eigenvalue weighted by molar-refractivity contribution is 0.101. The number of alkyl halides is 2. The zero-order valence-electron chi connectivity index (χ0n) is 7.15. The van der Waals surface area contributed by atoms with Gasteiger partial charge in [0.2, 0.25) is 0 Å². The smallest absolute Gasteiger partial charge is 0.263 e. The molecule has 76 valence electrons. The van der Waals surface area contributed by atoms with Crippen molar-refractivity contribution in [1.29, 1.82) is 0 Å². The monoisotopic (exact) mass is 282 g/mol.